The van der Waals surface area contributed by atoms with E-state index in [1.54, 1.807) is 0 Å². The Hall–Kier alpha value is -2.32. The molecule has 0 fully saturated rings. The summed E-state index contributed by atoms with van der Waals surface area (Å²) in [6, 6.07) is 28.0. The van der Waals surface area contributed by atoms with Crippen molar-refractivity contribution >= 4 is 18.7 Å². The fraction of sp³-hybridized carbons (Fsp3) is 0.182. The Labute approximate surface area is 145 Å². The zero-order chi connectivity index (χ0) is 16.8. The highest BCUT2D eigenvalue weighted by atomic mass is 28.4. The number of hydrogen-bond acceptors (Lipinski definition) is 1. The van der Waals surface area contributed by atoms with Crippen LogP contribution in [-0.4, -0.2) is 8.32 Å². The summed E-state index contributed by atoms with van der Waals surface area (Å²) < 4.78 is 6.94. The number of para-hydroxylation sites is 1. The molecule has 0 N–H and O–H groups in total. The maximum Gasteiger partial charge on any atom is 0.320 e. The van der Waals surface area contributed by atoms with Crippen LogP contribution in [0.4, 0.5) is 0 Å². The standard InChI is InChI=1S/C22H22OSi/c1-22(2,3)24(17-11-5-4-6-12-17)21-16-10-8-14-19(21)18-13-7-9-15-20(18)23-24/h4-16H,1-3H3. The predicted octanol–water partition coefficient (Wildman–Crippen LogP) is 4.61. The third kappa shape index (κ3) is 2.06. The lowest BCUT2D eigenvalue weighted by Crippen LogP contribution is -2.70. The van der Waals surface area contributed by atoms with Gasteiger partial charge in [0, 0.05) is 5.56 Å². The van der Waals surface area contributed by atoms with Gasteiger partial charge in [0.1, 0.15) is 5.75 Å². The minimum atomic E-state index is -2.43. The topological polar surface area (TPSA) is 9.23 Å². The van der Waals surface area contributed by atoms with Gasteiger partial charge in [-0.2, -0.15) is 0 Å². The molecule has 2 heteroatoms. The third-order valence-corrected chi connectivity index (χ3v) is 9.96. The SMILES string of the molecule is CC(C)(C)[Si]1(c2ccccc2)Oc2ccccc2-c2ccccc21. The minimum absolute atomic E-state index is 0.0258. The molecular formula is C22H22OSi. The summed E-state index contributed by atoms with van der Waals surface area (Å²) in [4.78, 5) is 0. The number of benzene rings is 3. The monoisotopic (exact) mass is 330 g/mol. The second-order valence-corrected chi connectivity index (χ2v) is 11.6. The molecule has 1 heterocycles. The molecule has 1 unspecified atom stereocenters. The zero-order valence-electron chi connectivity index (χ0n) is 14.4. The number of rotatable bonds is 1. The summed E-state index contributed by atoms with van der Waals surface area (Å²) in [6.45, 7) is 6.95. The van der Waals surface area contributed by atoms with Crippen LogP contribution in [0.2, 0.25) is 5.04 Å². The van der Waals surface area contributed by atoms with Crippen molar-refractivity contribution < 1.29 is 4.43 Å². The zero-order valence-corrected chi connectivity index (χ0v) is 15.4. The predicted molar refractivity (Wildman–Crippen MR) is 104 cm³/mol. The summed E-state index contributed by atoms with van der Waals surface area (Å²) >= 11 is 0. The minimum Gasteiger partial charge on any atom is -0.534 e. The first-order valence-electron chi connectivity index (χ1n) is 8.47. The first-order chi connectivity index (χ1) is 11.5. The van der Waals surface area contributed by atoms with Gasteiger partial charge < -0.3 is 4.43 Å². The van der Waals surface area contributed by atoms with E-state index in [-0.39, 0.29) is 5.04 Å². The van der Waals surface area contributed by atoms with Crippen molar-refractivity contribution in [1.29, 1.82) is 0 Å². The van der Waals surface area contributed by atoms with Gasteiger partial charge in [-0.25, -0.2) is 0 Å². The van der Waals surface area contributed by atoms with Crippen LogP contribution in [-0.2, 0) is 0 Å². The molecule has 24 heavy (non-hydrogen) atoms. The Morgan fingerprint density at radius 2 is 1.25 bits per heavy atom. The lowest BCUT2D eigenvalue weighted by Gasteiger charge is -2.46. The van der Waals surface area contributed by atoms with E-state index in [1.807, 2.05) is 0 Å². The van der Waals surface area contributed by atoms with Crippen molar-refractivity contribution in [2.24, 2.45) is 0 Å². The smallest absolute Gasteiger partial charge is 0.320 e. The molecule has 0 bridgehead atoms. The second kappa shape index (κ2) is 5.35. The van der Waals surface area contributed by atoms with Crippen molar-refractivity contribution in [1.82, 2.24) is 0 Å². The molecule has 4 rings (SSSR count). The van der Waals surface area contributed by atoms with E-state index in [0.717, 1.165) is 5.75 Å². The van der Waals surface area contributed by atoms with Gasteiger partial charge in [0.05, 0.1) is 0 Å². The van der Waals surface area contributed by atoms with Gasteiger partial charge in [-0.1, -0.05) is 93.6 Å². The van der Waals surface area contributed by atoms with Crippen LogP contribution >= 0.6 is 0 Å². The lowest BCUT2D eigenvalue weighted by molar-refractivity contribution is 0.506. The van der Waals surface area contributed by atoms with E-state index < -0.39 is 8.32 Å². The van der Waals surface area contributed by atoms with Crippen LogP contribution in [0.15, 0.2) is 78.9 Å². The summed E-state index contributed by atoms with van der Waals surface area (Å²) in [5, 5.41) is 2.74. The van der Waals surface area contributed by atoms with Crippen LogP contribution in [0.25, 0.3) is 11.1 Å². The summed E-state index contributed by atoms with van der Waals surface area (Å²) in [5.41, 5.74) is 2.53. The van der Waals surface area contributed by atoms with Gasteiger partial charge in [-0.05, 0) is 27.0 Å². The van der Waals surface area contributed by atoms with Crippen LogP contribution in [0.1, 0.15) is 20.8 Å². The van der Waals surface area contributed by atoms with Crippen molar-refractivity contribution in [2.45, 2.75) is 25.8 Å². The summed E-state index contributed by atoms with van der Waals surface area (Å²) in [6.07, 6.45) is 0. The van der Waals surface area contributed by atoms with Gasteiger partial charge >= 0.3 is 8.32 Å². The molecule has 3 aromatic carbocycles. The maximum absolute atomic E-state index is 6.94. The molecule has 0 aromatic heterocycles. The average molecular weight is 331 g/mol. The molecule has 1 aliphatic heterocycles. The Kier molecular flexibility index (Phi) is 3.39. The highest BCUT2D eigenvalue weighted by molar-refractivity contribution is 7.01. The van der Waals surface area contributed by atoms with Crippen molar-refractivity contribution in [3.05, 3.63) is 78.9 Å². The molecule has 1 aliphatic rings. The van der Waals surface area contributed by atoms with Crippen molar-refractivity contribution in [2.75, 3.05) is 0 Å². The molecular weight excluding hydrogens is 308 g/mol. The fourth-order valence-corrected chi connectivity index (χ4v) is 8.52. The van der Waals surface area contributed by atoms with Gasteiger partial charge in [-0.15, -0.1) is 0 Å². The highest BCUT2D eigenvalue weighted by Crippen LogP contribution is 2.44. The quantitative estimate of drug-likeness (QED) is 0.592. The van der Waals surface area contributed by atoms with Gasteiger partial charge in [0.25, 0.3) is 0 Å². The summed E-state index contributed by atoms with van der Waals surface area (Å²) in [5.74, 6) is 1.02. The van der Waals surface area contributed by atoms with E-state index in [0.29, 0.717) is 0 Å². The molecule has 0 amide bonds. The Morgan fingerprint density at radius 3 is 1.96 bits per heavy atom. The van der Waals surface area contributed by atoms with Crippen LogP contribution in [0.5, 0.6) is 5.75 Å². The van der Waals surface area contributed by atoms with E-state index in [4.69, 9.17) is 4.43 Å². The number of fused-ring (bicyclic) bond motifs is 3. The fourth-order valence-electron chi connectivity index (χ4n) is 3.90. The Morgan fingerprint density at radius 1 is 0.667 bits per heavy atom. The molecule has 0 saturated heterocycles. The molecule has 0 radical (unpaired) electrons. The first kappa shape index (κ1) is 15.2. The largest absolute Gasteiger partial charge is 0.534 e. The van der Waals surface area contributed by atoms with Gasteiger partial charge in [0.2, 0.25) is 0 Å². The highest BCUT2D eigenvalue weighted by Gasteiger charge is 2.55. The van der Waals surface area contributed by atoms with Crippen LogP contribution < -0.4 is 14.8 Å². The first-order valence-corrected chi connectivity index (χ1v) is 10.4. The molecule has 3 aromatic rings. The normalized spacial score (nSPS) is 19.1. The van der Waals surface area contributed by atoms with Crippen LogP contribution in [0, 0.1) is 0 Å². The average Bonchev–Trinajstić information content (AvgIpc) is 2.61. The molecule has 0 spiro atoms. The third-order valence-electron chi connectivity index (χ3n) is 4.98. The summed E-state index contributed by atoms with van der Waals surface area (Å²) in [7, 11) is -2.43. The molecule has 0 aliphatic carbocycles. The van der Waals surface area contributed by atoms with Gasteiger partial charge in [0.15, 0.2) is 0 Å². The lowest BCUT2D eigenvalue weighted by atomic mass is 10.0. The molecule has 0 saturated carbocycles. The maximum atomic E-state index is 6.94. The second-order valence-electron chi connectivity index (χ2n) is 7.44. The molecule has 1 atom stereocenters. The van der Waals surface area contributed by atoms with E-state index in [1.165, 1.54) is 21.5 Å². The van der Waals surface area contributed by atoms with Gasteiger partial charge in [-0.3, -0.25) is 0 Å². The van der Waals surface area contributed by atoms with Crippen molar-refractivity contribution in [3.63, 3.8) is 0 Å². The van der Waals surface area contributed by atoms with Crippen LogP contribution in [0.3, 0.4) is 0 Å². The van der Waals surface area contributed by atoms with Crippen molar-refractivity contribution in [3.8, 4) is 16.9 Å². The van der Waals surface area contributed by atoms with E-state index >= 15 is 0 Å². The Bertz CT molecular complexity index is 880. The molecule has 1 nitrogen and oxygen atoms in total. The Balaban J connectivity index is 2.10. The number of hydrogen-bond donors (Lipinski definition) is 0. The molecule has 120 valence electrons. The van der Waals surface area contributed by atoms with E-state index in [9.17, 15) is 0 Å². The van der Waals surface area contributed by atoms with E-state index in [2.05, 4.69) is 99.6 Å².